The van der Waals surface area contributed by atoms with Crippen molar-refractivity contribution in [2.75, 3.05) is 54.4 Å². The third-order valence-electron chi connectivity index (χ3n) is 20.0. The molecule has 6 fully saturated rings. The monoisotopic (exact) mass is 1020 g/mol. The zero-order valence-electron chi connectivity index (χ0n) is 54.4. The van der Waals surface area contributed by atoms with E-state index in [0.29, 0.717) is 38.5 Å². The number of rotatable bonds is 9. The van der Waals surface area contributed by atoms with Crippen molar-refractivity contribution in [2.24, 2.45) is 73.7 Å². The van der Waals surface area contributed by atoms with E-state index in [1.807, 2.05) is 0 Å². The van der Waals surface area contributed by atoms with Crippen LogP contribution in [0.1, 0.15) is 268 Å². The van der Waals surface area contributed by atoms with Crippen LogP contribution in [-0.4, -0.2) is 105 Å². The highest BCUT2D eigenvalue weighted by atomic mass is 15.1. The average molecular weight is 1020 g/mol. The lowest BCUT2D eigenvalue weighted by molar-refractivity contribution is 0.189. The van der Waals surface area contributed by atoms with Crippen LogP contribution in [-0.2, 0) is 0 Å². The lowest BCUT2D eigenvalue weighted by Gasteiger charge is -2.30. The van der Waals surface area contributed by atoms with Gasteiger partial charge >= 0.3 is 0 Å². The van der Waals surface area contributed by atoms with E-state index in [9.17, 15) is 0 Å². The van der Waals surface area contributed by atoms with Crippen LogP contribution in [0, 0.1) is 68.0 Å². The minimum absolute atomic E-state index is 0.480. The van der Waals surface area contributed by atoms with Gasteiger partial charge in [-0.25, -0.2) is 0 Å². The van der Waals surface area contributed by atoms with Crippen molar-refractivity contribution in [1.82, 2.24) is 25.3 Å². The molecule has 6 aliphatic carbocycles. The first kappa shape index (κ1) is 69.8. The van der Waals surface area contributed by atoms with E-state index in [1.54, 1.807) is 0 Å². The Morgan fingerprint density at radius 1 is 0.375 bits per heavy atom. The van der Waals surface area contributed by atoms with E-state index in [4.69, 9.17) is 5.73 Å². The molecule has 6 nitrogen and oxygen atoms in total. The number of nitrogens with two attached hydrogens (primary N) is 1. The maximum atomic E-state index is 5.82. The molecule has 0 radical (unpaired) electrons. The minimum Gasteiger partial charge on any atom is -0.328 e. The molecule has 12 unspecified atom stereocenters. The number of nitrogens with one attached hydrogen (secondary N) is 2. The fraction of sp³-hybridized carbons (Fsp3) is 1.00. The molecule has 0 saturated heterocycles. The normalized spacial score (nSPS) is 31.2. The molecule has 72 heavy (non-hydrogen) atoms. The Kier molecular flexibility index (Phi) is 30.4. The lowest BCUT2D eigenvalue weighted by atomic mass is 9.79. The van der Waals surface area contributed by atoms with Gasteiger partial charge in [0.2, 0.25) is 0 Å². The molecule has 4 N–H and O–H groups in total. The molecule has 6 saturated carbocycles. The molecule has 0 heterocycles. The van der Waals surface area contributed by atoms with Crippen molar-refractivity contribution in [3.8, 4) is 0 Å². The summed E-state index contributed by atoms with van der Waals surface area (Å²) in [5.74, 6) is 5.54. The Labute approximate surface area is 455 Å². The second-order valence-corrected chi connectivity index (χ2v) is 31.5. The van der Waals surface area contributed by atoms with Crippen molar-refractivity contribution in [3.05, 3.63) is 0 Å². The van der Waals surface area contributed by atoms with Crippen LogP contribution in [0.3, 0.4) is 0 Å². The molecule has 0 bridgehead atoms. The first-order chi connectivity index (χ1) is 32.9. The van der Waals surface area contributed by atoms with Crippen LogP contribution in [0.4, 0.5) is 0 Å². The van der Waals surface area contributed by atoms with Crippen LogP contribution in [0.15, 0.2) is 0 Å². The van der Waals surface area contributed by atoms with Gasteiger partial charge in [-0.1, -0.05) is 152 Å². The van der Waals surface area contributed by atoms with Crippen molar-refractivity contribution < 1.29 is 0 Å². The van der Waals surface area contributed by atoms with E-state index in [-0.39, 0.29) is 0 Å². The molecule has 6 aliphatic rings. The fourth-order valence-corrected chi connectivity index (χ4v) is 13.5. The molecule has 0 aliphatic heterocycles. The predicted molar refractivity (Wildman–Crippen MR) is 325 cm³/mol. The van der Waals surface area contributed by atoms with E-state index in [2.05, 4.69) is 206 Å². The first-order valence-corrected chi connectivity index (χ1v) is 31.2. The van der Waals surface area contributed by atoms with Gasteiger partial charge in [0, 0.05) is 36.3 Å². The molecule has 0 amide bonds. The number of hydrogen-bond donors (Lipinski definition) is 3. The summed E-state index contributed by atoms with van der Waals surface area (Å²) in [6.45, 7) is 56.3. The minimum atomic E-state index is 0.480. The molecule has 6 rings (SSSR count). The maximum absolute atomic E-state index is 5.82. The van der Waals surface area contributed by atoms with Gasteiger partial charge in [0.1, 0.15) is 0 Å². The van der Waals surface area contributed by atoms with Crippen LogP contribution in [0.5, 0.6) is 0 Å². The Balaban J connectivity index is 0.000000433. The van der Waals surface area contributed by atoms with Gasteiger partial charge in [-0.3, -0.25) is 0 Å². The largest absolute Gasteiger partial charge is 0.328 e. The third kappa shape index (κ3) is 25.9. The zero-order chi connectivity index (χ0) is 55.6. The summed E-state index contributed by atoms with van der Waals surface area (Å²) in [5, 5.41) is 6.91. The van der Waals surface area contributed by atoms with E-state index in [0.717, 1.165) is 72.3 Å². The lowest BCUT2D eigenvalue weighted by Crippen LogP contribution is -2.33. The fourth-order valence-electron chi connectivity index (χ4n) is 13.5. The predicted octanol–water partition coefficient (Wildman–Crippen LogP) is 16.8. The van der Waals surface area contributed by atoms with E-state index < -0.39 is 0 Å². The second-order valence-electron chi connectivity index (χ2n) is 31.5. The Morgan fingerprint density at radius 3 is 0.972 bits per heavy atom. The zero-order valence-corrected chi connectivity index (χ0v) is 54.4. The van der Waals surface area contributed by atoms with Gasteiger partial charge in [-0.05, 0) is 238 Å². The van der Waals surface area contributed by atoms with E-state index >= 15 is 0 Å². The Bertz CT molecular complexity index is 1380. The van der Waals surface area contributed by atoms with Gasteiger partial charge < -0.3 is 31.1 Å². The van der Waals surface area contributed by atoms with Crippen LogP contribution in [0.25, 0.3) is 0 Å². The number of hydrogen-bond acceptors (Lipinski definition) is 6. The summed E-state index contributed by atoms with van der Waals surface area (Å²) < 4.78 is 0. The third-order valence-corrected chi connectivity index (χ3v) is 20.0. The van der Waals surface area contributed by atoms with Crippen LogP contribution >= 0.6 is 0 Å². The molecular formula is C66H138N6. The van der Waals surface area contributed by atoms with E-state index in [1.165, 1.54) is 135 Å². The Morgan fingerprint density at radius 2 is 0.694 bits per heavy atom. The average Bonchev–Trinajstić information content (AvgIpc) is 4.11. The van der Waals surface area contributed by atoms with Crippen LogP contribution < -0.4 is 16.4 Å². The van der Waals surface area contributed by atoms with Crippen LogP contribution in [0.2, 0.25) is 0 Å². The molecule has 0 aromatic heterocycles. The summed E-state index contributed by atoms with van der Waals surface area (Å²) in [6, 6.07) is 4.65. The van der Waals surface area contributed by atoms with Gasteiger partial charge in [0.25, 0.3) is 0 Å². The van der Waals surface area contributed by atoms with Gasteiger partial charge in [-0.15, -0.1) is 0 Å². The topological polar surface area (TPSA) is 59.8 Å². The van der Waals surface area contributed by atoms with Gasteiger partial charge in [-0.2, -0.15) is 0 Å². The highest BCUT2D eigenvalue weighted by molar-refractivity contribution is 4.91. The summed E-state index contributed by atoms with van der Waals surface area (Å²) in [5.41, 5.74) is 8.89. The maximum Gasteiger partial charge on any atom is 0.00979 e. The second kappa shape index (κ2) is 31.4. The standard InChI is InChI=1S/C13H27N.C12H25N.2C11H23N.C10H21N.C9H19N/c1-6-14(7-2)12-9-8-11(10-12)13(3,4)5;1-6-13(5)11-8-7-10(9-11)12(2,3)4;1-11(2,3)9-6-7-10(8-9)12(4)5;1-5-12-10-7-6-9(8-10)11(2,3)4;1-10(2,3)8-5-6-9(7-8)11-4;1-9(2,3)7-4-5-8(10)6-7/h11-12H,6-10H2,1-5H3;10-11H,6-9H2,1-5H3;9-10H,6-8H2,1-5H3;9-10,12H,5-8H2,1-4H3;8-9,11H,5-7H2,1-4H3;7-8H,4-6,10H2,1-3H3. The van der Waals surface area contributed by atoms with Crippen molar-refractivity contribution in [1.29, 1.82) is 0 Å². The molecule has 432 valence electrons. The van der Waals surface area contributed by atoms with Crippen molar-refractivity contribution in [2.45, 2.75) is 304 Å². The number of nitrogens with zero attached hydrogens (tertiary/aromatic N) is 3. The summed E-state index contributed by atoms with van der Waals surface area (Å²) >= 11 is 0. The highest BCUT2D eigenvalue weighted by Crippen LogP contribution is 2.44. The molecule has 0 aromatic rings. The summed E-state index contributed by atoms with van der Waals surface area (Å²) in [7, 11) is 8.75. The SMILES string of the molecule is CC(C)(C)C1CCC(N)C1.CCN(C)C1CCC(C(C)(C)C)C1.CCN(CC)C1CCC(C(C)(C)C)C1.CCNC1CCC(C(C)(C)C)C1.CN(C)C1CCC(C(C)(C)C)C1.CNC1CCC(C(C)(C)C)C1. The molecule has 6 heteroatoms. The van der Waals surface area contributed by atoms with Crippen molar-refractivity contribution >= 4 is 0 Å². The quantitative estimate of drug-likeness (QED) is 0.214. The van der Waals surface area contributed by atoms with Gasteiger partial charge in [0.05, 0.1) is 0 Å². The van der Waals surface area contributed by atoms with Gasteiger partial charge in [0.15, 0.2) is 0 Å². The molecule has 0 aromatic carbocycles. The summed E-state index contributed by atoms with van der Waals surface area (Å²) in [4.78, 5) is 7.52. The molecular weight excluding hydrogens is 877 g/mol. The first-order valence-electron chi connectivity index (χ1n) is 31.2. The summed E-state index contributed by atoms with van der Waals surface area (Å²) in [6.07, 6.45) is 24.9. The highest BCUT2D eigenvalue weighted by Gasteiger charge is 2.38. The van der Waals surface area contributed by atoms with Crippen molar-refractivity contribution in [3.63, 3.8) is 0 Å². The smallest absolute Gasteiger partial charge is 0.00979 e. The Hall–Kier alpha value is -0.240. The molecule has 0 spiro atoms. The molecule has 12 atom stereocenters.